The van der Waals surface area contributed by atoms with Crippen molar-refractivity contribution in [3.05, 3.63) is 63.4 Å². The molecule has 1 saturated heterocycles. The lowest BCUT2D eigenvalue weighted by molar-refractivity contribution is -0.0589. The third-order valence-electron chi connectivity index (χ3n) is 4.87. The number of ether oxygens (including phenoxy) is 2. The Labute approximate surface area is 182 Å². The monoisotopic (exact) mass is 480 g/mol. The first kappa shape index (κ1) is 22.4. The highest BCUT2D eigenvalue weighted by Gasteiger charge is 2.23. The van der Waals surface area contributed by atoms with Crippen molar-refractivity contribution in [3.8, 4) is 0 Å². The van der Waals surface area contributed by atoms with Gasteiger partial charge in [0.1, 0.15) is 17.5 Å². The molecule has 0 bridgehead atoms. The summed E-state index contributed by atoms with van der Waals surface area (Å²) in [6.07, 6.45) is 1.06. The Bertz CT molecular complexity index is 1060. The standard InChI is InChI=1S/C20H17BrF2N2O3.C2H6/c1-27-20(26)11-2-3-17-18(7-11)25(10-13-4-5-28-13)19(24-17)8-12-6-16(23)14(21)9-15(12)22;1-2/h2-3,6-7,9,13H,4-5,8,10H2,1H3;1-2H3. The molecule has 4 rings (SSSR count). The predicted octanol–water partition coefficient (Wildman–Crippen LogP) is 5.27. The zero-order valence-corrected chi connectivity index (χ0v) is 18.6. The summed E-state index contributed by atoms with van der Waals surface area (Å²) in [7, 11) is 1.32. The number of benzene rings is 2. The third kappa shape index (κ3) is 4.54. The first-order chi connectivity index (χ1) is 14.5. The number of hydrogen-bond acceptors (Lipinski definition) is 4. The van der Waals surface area contributed by atoms with E-state index >= 15 is 0 Å². The maximum Gasteiger partial charge on any atom is 0.337 e. The van der Waals surface area contributed by atoms with Crippen molar-refractivity contribution in [2.75, 3.05) is 13.7 Å². The molecule has 1 atom stereocenters. The summed E-state index contributed by atoms with van der Waals surface area (Å²) in [5.74, 6) is -0.915. The Morgan fingerprint density at radius 1 is 1.27 bits per heavy atom. The Hall–Kier alpha value is -2.32. The van der Waals surface area contributed by atoms with Gasteiger partial charge in [-0.1, -0.05) is 13.8 Å². The van der Waals surface area contributed by atoms with Crippen LogP contribution in [0.3, 0.4) is 0 Å². The van der Waals surface area contributed by atoms with E-state index in [-0.39, 0.29) is 22.6 Å². The smallest absolute Gasteiger partial charge is 0.337 e. The van der Waals surface area contributed by atoms with Crippen LogP contribution in [-0.2, 0) is 22.4 Å². The molecule has 160 valence electrons. The average Bonchev–Trinajstić information content (AvgIpc) is 3.05. The second kappa shape index (κ2) is 9.66. The molecule has 0 aliphatic carbocycles. The van der Waals surface area contributed by atoms with Crippen LogP contribution in [0.15, 0.2) is 34.8 Å². The highest BCUT2D eigenvalue weighted by atomic mass is 79.9. The number of halogens is 3. The molecule has 0 amide bonds. The Morgan fingerprint density at radius 3 is 2.63 bits per heavy atom. The van der Waals surface area contributed by atoms with E-state index in [9.17, 15) is 13.6 Å². The average molecular weight is 481 g/mol. The molecule has 1 fully saturated rings. The van der Waals surface area contributed by atoms with Gasteiger partial charge in [0.05, 0.1) is 40.8 Å². The van der Waals surface area contributed by atoms with Gasteiger partial charge in [0.15, 0.2) is 0 Å². The van der Waals surface area contributed by atoms with Crippen LogP contribution in [0.2, 0.25) is 0 Å². The van der Waals surface area contributed by atoms with Gasteiger partial charge in [-0.25, -0.2) is 18.6 Å². The number of esters is 1. The van der Waals surface area contributed by atoms with E-state index in [1.165, 1.54) is 13.2 Å². The number of carbonyl (C=O) groups excluding carboxylic acids is 1. The molecule has 0 N–H and O–H groups in total. The van der Waals surface area contributed by atoms with Gasteiger partial charge in [-0.05, 0) is 58.2 Å². The minimum atomic E-state index is -0.533. The van der Waals surface area contributed by atoms with Crippen LogP contribution in [0.5, 0.6) is 0 Å². The molecule has 1 unspecified atom stereocenters. The zero-order chi connectivity index (χ0) is 21.8. The van der Waals surface area contributed by atoms with Crippen LogP contribution in [-0.4, -0.2) is 35.3 Å². The van der Waals surface area contributed by atoms with E-state index < -0.39 is 17.6 Å². The number of aromatic nitrogens is 2. The second-order valence-electron chi connectivity index (χ2n) is 6.65. The van der Waals surface area contributed by atoms with E-state index in [1.54, 1.807) is 18.2 Å². The van der Waals surface area contributed by atoms with Gasteiger partial charge in [-0.3, -0.25) is 0 Å². The van der Waals surface area contributed by atoms with Crippen LogP contribution < -0.4 is 0 Å². The zero-order valence-electron chi connectivity index (χ0n) is 17.0. The fourth-order valence-corrected chi connectivity index (χ4v) is 3.57. The number of fused-ring (bicyclic) bond motifs is 1. The first-order valence-electron chi connectivity index (χ1n) is 9.78. The number of hydrogen-bond donors (Lipinski definition) is 0. The minimum Gasteiger partial charge on any atom is -0.465 e. The molecule has 2 heterocycles. The summed E-state index contributed by atoms with van der Waals surface area (Å²) in [6, 6.07) is 7.34. The van der Waals surface area contributed by atoms with Gasteiger partial charge < -0.3 is 14.0 Å². The van der Waals surface area contributed by atoms with E-state index in [4.69, 9.17) is 9.47 Å². The maximum atomic E-state index is 14.3. The summed E-state index contributed by atoms with van der Waals surface area (Å²) in [6.45, 7) is 5.23. The van der Waals surface area contributed by atoms with Crippen molar-refractivity contribution >= 4 is 32.9 Å². The van der Waals surface area contributed by atoms with Crippen LogP contribution in [0.25, 0.3) is 11.0 Å². The first-order valence-corrected chi connectivity index (χ1v) is 10.6. The topological polar surface area (TPSA) is 53.3 Å². The van der Waals surface area contributed by atoms with E-state index in [0.717, 1.165) is 18.0 Å². The number of imidazole rings is 1. The molecule has 0 radical (unpaired) electrons. The lowest BCUT2D eigenvalue weighted by Crippen LogP contribution is -2.31. The maximum absolute atomic E-state index is 14.3. The summed E-state index contributed by atoms with van der Waals surface area (Å²) in [5.41, 5.74) is 2.00. The molecule has 1 aliphatic heterocycles. The molecule has 8 heteroatoms. The van der Waals surface area contributed by atoms with Crippen molar-refractivity contribution in [1.82, 2.24) is 9.55 Å². The van der Waals surface area contributed by atoms with Gasteiger partial charge in [-0.2, -0.15) is 0 Å². The van der Waals surface area contributed by atoms with Gasteiger partial charge in [0.25, 0.3) is 0 Å². The van der Waals surface area contributed by atoms with Gasteiger partial charge >= 0.3 is 5.97 Å². The third-order valence-corrected chi connectivity index (χ3v) is 5.47. The van der Waals surface area contributed by atoms with Gasteiger partial charge in [0.2, 0.25) is 0 Å². The largest absolute Gasteiger partial charge is 0.465 e. The molecule has 3 aromatic rings. The lowest BCUT2D eigenvalue weighted by Gasteiger charge is -2.27. The Balaban J connectivity index is 0.00000124. The van der Waals surface area contributed by atoms with Crippen LogP contribution in [0.4, 0.5) is 8.78 Å². The highest BCUT2D eigenvalue weighted by Crippen LogP contribution is 2.26. The summed E-state index contributed by atoms with van der Waals surface area (Å²) in [4.78, 5) is 16.5. The Kier molecular flexibility index (Phi) is 7.20. The summed E-state index contributed by atoms with van der Waals surface area (Å²) < 4.78 is 40.6. The second-order valence-corrected chi connectivity index (χ2v) is 7.50. The fourth-order valence-electron chi connectivity index (χ4n) is 3.26. The summed E-state index contributed by atoms with van der Waals surface area (Å²) >= 11 is 2.99. The van der Waals surface area contributed by atoms with E-state index in [1.807, 2.05) is 18.4 Å². The number of carbonyl (C=O) groups is 1. The van der Waals surface area contributed by atoms with Crippen molar-refractivity contribution in [3.63, 3.8) is 0 Å². The van der Waals surface area contributed by atoms with E-state index in [0.29, 0.717) is 30.1 Å². The van der Waals surface area contributed by atoms with Gasteiger partial charge in [-0.15, -0.1) is 0 Å². The number of methoxy groups -OCH3 is 1. The Morgan fingerprint density at radius 2 is 2.00 bits per heavy atom. The minimum absolute atomic E-state index is 0.0319. The van der Waals surface area contributed by atoms with Crippen LogP contribution in [0, 0.1) is 11.6 Å². The number of rotatable bonds is 5. The van der Waals surface area contributed by atoms with Gasteiger partial charge in [0, 0.05) is 13.0 Å². The molecule has 1 aliphatic rings. The SMILES string of the molecule is CC.COC(=O)c1ccc2nc(Cc3cc(F)c(Br)cc3F)n(CC3CCO3)c2c1. The van der Waals surface area contributed by atoms with Crippen molar-refractivity contribution in [2.45, 2.75) is 39.3 Å². The fraction of sp³-hybridized carbons (Fsp3) is 0.364. The van der Waals surface area contributed by atoms with Crippen molar-refractivity contribution in [2.24, 2.45) is 0 Å². The van der Waals surface area contributed by atoms with Crippen molar-refractivity contribution in [1.29, 1.82) is 0 Å². The highest BCUT2D eigenvalue weighted by molar-refractivity contribution is 9.10. The van der Waals surface area contributed by atoms with Crippen molar-refractivity contribution < 1.29 is 23.0 Å². The quantitative estimate of drug-likeness (QED) is 0.368. The molecule has 0 spiro atoms. The summed E-state index contributed by atoms with van der Waals surface area (Å²) in [5, 5.41) is 0. The van der Waals surface area contributed by atoms with E-state index in [2.05, 4.69) is 20.9 Å². The lowest BCUT2D eigenvalue weighted by atomic mass is 10.1. The molecule has 30 heavy (non-hydrogen) atoms. The van der Waals surface area contributed by atoms with Crippen LogP contribution in [0.1, 0.15) is 42.0 Å². The molecule has 5 nitrogen and oxygen atoms in total. The molecular formula is C22H23BrF2N2O3. The van der Waals surface area contributed by atoms with Crippen LogP contribution >= 0.6 is 15.9 Å². The molecule has 1 aromatic heterocycles. The molecule has 0 saturated carbocycles. The molecular weight excluding hydrogens is 458 g/mol. The number of nitrogens with zero attached hydrogens (tertiary/aromatic N) is 2. The molecule has 2 aromatic carbocycles. The normalized spacial score (nSPS) is 15.3. The predicted molar refractivity (Wildman–Crippen MR) is 114 cm³/mol.